The van der Waals surface area contributed by atoms with E-state index in [1.165, 1.54) is 24.3 Å². The van der Waals surface area contributed by atoms with Crippen LogP contribution in [-0.4, -0.2) is 22.5 Å². The topological polar surface area (TPSA) is 110 Å². The predicted octanol–water partition coefficient (Wildman–Crippen LogP) is 0.859. The Kier molecular flexibility index (Phi) is 2.74. The van der Waals surface area contributed by atoms with Gasteiger partial charge in [-0.1, -0.05) is 12.1 Å². The number of nitrogens with two attached hydrogens (primary N) is 1. The van der Waals surface area contributed by atoms with Crippen molar-refractivity contribution in [2.24, 2.45) is 0 Å². The van der Waals surface area contributed by atoms with E-state index in [0.717, 1.165) is 0 Å². The lowest BCUT2D eigenvalue weighted by molar-refractivity contribution is -0.136. The molecule has 116 valence electrons. The minimum Gasteiger partial charge on any atom is -0.456 e. The Morgan fingerprint density at radius 2 is 2.00 bits per heavy atom. The third kappa shape index (κ3) is 1.99. The molecule has 0 aliphatic carbocycles. The minimum atomic E-state index is -0.686. The van der Waals surface area contributed by atoms with Crippen molar-refractivity contribution in [3.05, 3.63) is 62.8 Å². The molecule has 0 amide bonds. The molecule has 23 heavy (non-hydrogen) atoms. The van der Waals surface area contributed by atoms with Crippen LogP contribution in [-0.2, 0) is 9.53 Å². The molecule has 1 aromatic carbocycles. The molecule has 0 bridgehead atoms. The van der Waals surface area contributed by atoms with Crippen LogP contribution >= 0.6 is 0 Å². The third-order valence-corrected chi connectivity index (χ3v) is 3.92. The Balaban J connectivity index is 1.99. The molecule has 2 aliphatic rings. The summed E-state index contributed by atoms with van der Waals surface area (Å²) in [6, 6.07) is 5.61. The SMILES string of the molecule is Nc1nc2c(c(=O)[nH]1)C(c1ccc(F)cc1)C1=C(COC1=O)N2. The molecule has 0 fully saturated rings. The molecular weight excluding hydrogens is 303 g/mol. The van der Waals surface area contributed by atoms with E-state index in [9.17, 15) is 14.0 Å². The lowest BCUT2D eigenvalue weighted by atomic mass is 9.83. The zero-order valence-corrected chi connectivity index (χ0v) is 11.7. The van der Waals surface area contributed by atoms with Crippen LogP contribution in [0, 0.1) is 5.82 Å². The highest BCUT2D eigenvalue weighted by molar-refractivity contribution is 5.96. The van der Waals surface area contributed by atoms with Crippen molar-refractivity contribution in [2.45, 2.75) is 5.92 Å². The number of nitrogens with zero attached hydrogens (tertiary/aromatic N) is 1. The number of benzene rings is 1. The molecule has 1 atom stereocenters. The lowest BCUT2D eigenvalue weighted by Gasteiger charge is -2.25. The maximum atomic E-state index is 13.2. The van der Waals surface area contributed by atoms with Crippen molar-refractivity contribution in [3.63, 3.8) is 0 Å². The number of nitrogen functional groups attached to an aromatic ring is 1. The van der Waals surface area contributed by atoms with E-state index in [0.29, 0.717) is 16.8 Å². The summed E-state index contributed by atoms with van der Waals surface area (Å²) in [7, 11) is 0. The van der Waals surface area contributed by atoms with Gasteiger partial charge in [0.25, 0.3) is 5.56 Å². The highest BCUT2D eigenvalue weighted by atomic mass is 19.1. The summed E-state index contributed by atoms with van der Waals surface area (Å²) in [5.74, 6) is -1.36. The van der Waals surface area contributed by atoms with Crippen molar-refractivity contribution >= 4 is 17.7 Å². The van der Waals surface area contributed by atoms with E-state index in [2.05, 4.69) is 15.3 Å². The van der Waals surface area contributed by atoms with Gasteiger partial charge in [0.15, 0.2) is 0 Å². The highest BCUT2D eigenvalue weighted by Gasteiger charge is 2.40. The second kappa shape index (κ2) is 4.67. The first-order chi connectivity index (χ1) is 11.0. The van der Waals surface area contributed by atoms with Gasteiger partial charge < -0.3 is 15.8 Å². The number of halogens is 1. The quantitative estimate of drug-likeness (QED) is 0.673. The summed E-state index contributed by atoms with van der Waals surface area (Å²) in [6.07, 6.45) is 0. The Morgan fingerprint density at radius 1 is 1.26 bits per heavy atom. The fourth-order valence-corrected chi connectivity index (χ4v) is 2.95. The van der Waals surface area contributed by atoms with Gasteiger partial charge in [0.05, 0.1) is 22.8 Å². The van der Waals surface area contributed by atoms with Crippen molar-refractivity contribution in [2.75, 3.05) is 17.7 Å². The number of rotatable bonds is 1. The monoisotopic (exact) mass is 314 g/mol. The van der Waals surface area contributed by atoms with Crippen LogP contribution in [0.25, 0.3) is 0 Å². The van der Waals surface area contributed by atoms with E-state index in [-0.39, 0.29) is 23.9 Å². The number of hydrogen-bond donors (Lipinski definition) is 3. The Bertz CT molecular complexity index is 917. The molecule has 2 aromatic rings. The lowest BCUT2D eigenvalue weighted by Crippen LogP contribution is -2.29. The number of fused-ring (bicyclic) bond motifs is 1. The van der Waals surface area contributed by atoms with Crippen LogP contribution < -0.4 is 16.6 Å². The largest absolute Gasteiger partial charge is 0.456 e. The molecule has 4 N–H and O–H groups in total. The number of H-pyrrole nitrogens is 1. The van der Waals surface area contributed by atoms with Crippen molar-refractivity contribution in [3.8, 4) is 0 Å². The van der Waals surface area contributed by atoms with Gasteiger partial charge in [-0.15, -0.1) is 0 Å². The van der Waals surface area contributed by atoms with E-state index in [4.69, 9.17) is 10.5 Å². The summed E-state index contributed by atoms with van der Waals surface area (Å²) in [6.45, 7) is 0.0691. The molecule has 0 spiro atoms. The first kappa shape index (κ1) is 13.5. The highest BCUT2D eigenvalue weighted by Crippen LogP contribution is 2.41. The number of aromatic amines is 1. The number of hydrogen-bond acceptors (Lipinski definition) is 6. The second-order valence-electron chi connectivity index (χ2n) is 5.29. The maximum absolute atomic E-state index is 13.2. The van der Waals surface area contributed by atoms with Crippen molar-refractivity contribution < 1.29 is 13.9 Å². The second-order valence-corrected chi connectivity index (χ2v) is 5.29. The van der Waals surface area contributed by atoms with Gasteiger partial charge in [-0.25, -0.2) is 9.18 Å². The fraction of sp³-hybridized carbons (Fsp3) is 0.133. The molecule has 0 radical (unpaired) electrons. The van der Waals surface area contributed by atoms with Crippen LogP contribution in [0.4, 0.5) is 16.2 Å². The number of cyclic esters (lactones) is 1. The summed E-state index contributed by atoms with van der Waals surface area (Å²) >= 11 is 0. The van der Waals surface area contributed by atoms with Crippen LogP contribution in [0.5, 0.6) is 0 Å². The first-order valence-electron chi connectivity index (χ1n) is 6.87. The summed E-state index contributed by atoms with van der Waals surface area (Å²) in [4.78, 5) is 31.0. The molecule has 3 heterocycles. The Hall–Kier alpha value is -3.16. The third-order valence-electron chi connectivity index (χ3n) is 3.92. The molecule has 4 rings (SSSR count). The number of carbonyl (C=O) groups is 1. The van der Waals surface area contributed by atoms with Gasteiger partial charge in [-0.3, -0.25) is 9.78 Å². The van der Waals surface area contributed by atoms with Crippen molar-refractivity contribution in [1.82, 2.24) is 9.97 Å². The minimum absolute atomic E-state index is 0.0339. The smallest absolute Gasteiger partial charge is 0.337 e. The number of ether oxygens (including phenoxy) is 1. The van der Waals surface area contributed by atoms with E-state index >= 15 is 0 Å². The molecule has 1 unspecified atom stereocenters. The number of nitrogens with one attached hydrogen (secondary N) is 2. The van der Waals surface area contributed by atoms with Gasteiger partial charge in [0.1, 0.15) is 18.2 Å². The van der Waals surface area contributed by atoms with Crippen LogP contribution in [0.15, 0.2) is 40.3 Å². The maximum Gasteiger partial charge on any atom is 0.337 e. The summed E-state index contributed by atoms with van der Waals surface area (Å²) < 4.78 is 18.3. The average molecular weight is 314 g/mol. The van der Waals surface area contributed by atoms with Crippen LogP contribution in [0.3, 0.4) is 0 Å². The number of aromatic nitrogens is 2. The van der Waals surface area contributed by atoms with Gasteiger partial charge in [-0.2, -0.15) is 4.98 Å². The van der Waals surface area contributed by atoms with E-state index < -0.39 is 23.3 Å². The predicted molar refractivity (Wildman–Crippen MR) is 79.1 cm³/mol. The standard InChI is InChI=1S/C15H11FN4O3/c16-7-3-1-6(2-4-7)9-10-8(5-23-14(10)22)18-12-11(9)13(21)20-15(17)19-12/h1-4,9H,5H2,(H4,17,18,19,20,21). The van der Waals surface area contributed by atoms with Gasteiger partial charge >= 0.3 is 5.97 Å². The van der Waals surface area contributed by atoms with Crippen LogP contribution in [0.2, 0.25) is 0 Å². The number of anilines is 2. The molecule has 7 nitrogen and oxygen atoms in total. The summed E-state index contributed by atoms with van der Waals surface area (Å²) in [5, 5.41) is 2.93. The molecule has 0 saturated heterocycles. The normalized spacial score (nSPS) is 19.0. The van der Waals surface area contributed by atoms with Crippen LogP contribution in [0.1, 0.15) is 17.0 Å². The summed E-state index contributed by atoms with van der Waals surface area (Å²) in [5.41, 5.74) is 6.84. The van der Waals surface area contributed by atoms with Gasteiger partial charge in [-0.05, 0) is 17.7 Å². The molecule has 8 heteroatoms. The van der Waals surface area contributed by atoms with E-state index in [1.807, 2.05) is 0 Å². The zero-order valence-electron chi connectivity index (χ0n) is 11.7. The van der Waals surface area contributed by atoms with E-state index in [1.54, 1.807) is 0 Å². The fourth-order valence-electron chi connectivity index (χ4n) is 2.95. The van der Waals surface area contributed by atoms with Crippen molar-refractivity contribution in [1.29, 1.82) is 0 Å². The molecule has 2 aliphatic heterocycles. The number of carbonyl (C=O) groups excluding carboxylic acids is 1. The Labute approximate surface area is 129 Å². The molecule has 0 saturated carbocycles. The van der Waals surface area contributed by atoms with Gasteiger partial charge in [0, 0.05) is 0 Å². The zero-order chi connectivity index (χ0) is 16.1. The molecule has 1 aromatic heterocycles. The molecular formula is C15H11FN4O3. The average Bonchev–Trinajstić information content (AvgIpc) is 2.87. The first-order valence-corrected chi connectivity index (χ1v) is 6.87. The van der Waals surface area contributed by atoms with Gasteiger partial charge in [0.2, 0.25) is 5.95 Å². The number of esters is 1. The Morgan fingerprint density at radius 3 is 2.74 bits per heavy atom.